The van der Waals surface area contributed by atoms with Gasteiger partial charge in [0.05, 0.1) is 16.8 Å². The highest BCUT2D eigenvalue weighted by Crippen LogP contribution is 2.10. The monoisotopic (exact) mass is 208 g/mol. The molecule has 0 bridgehead atoms. The Morgan fingerprint density at radius 2 is 2.00 bits per heavy atom. The van der Waals surface area contributed by atoms with Crippen molar-refractivity contribution < 1.29 is 4.79 Å². The Morgan fingerprint density at radius 3 is 2.71 bits per heavy atom. The summed E-state index contributed by atoms with van der Waals surface area (Å²) >= 11 is 3.90. The number of Topliss-reactive ketones (excluding diaryl/α,β-unsaturated/α-hetero) is 1. The number of hydrogen-bond acceptors (Lipinski definition) is 3. The van der Waals surface area contributed by atoms with Crippen LogP contribution in [0.2, 0.25) is 0 Å². The number of aromatic amines is 2. The Balaban J connectivity index is 2.61. The summed E-state index contributed by atoms with van der Waals surface area (Å²) in [7, 11) is 0. The van der Waals surface area contributed by atoms with Gasteiger partial charge in [-0.15, -0.1) is 0 Å². The molecule has 1 aromatic carbocycles. The lowest BCUT2D eigenvalue weighted by atomic mass is 10.1. The third kappa shape index (κ3) is 1.46. The minimum atomic E-state index is -0.268. The largest absolute Gasteiger partial charge is 0.323 e. The number of nitrogens with one attached hydrogen (secondary N) is 2. The van der Waals surface area contributed by atoms with Crippen molar-refractivity contribution in [2.75, 3.05) is 5.75 Å². The van der Waals surface area contributed by atoms with Gasteiger partial charge in [-0.05, 0) is 18.2 Å². The van der Waals surface area contributed by atoms with Crippen molar-refractivity contribution in [3.63, 3.8) is 0 Å². The lowest BCUT2D eigenvalue weighted by Crippen LogP contribution is -2.00. The number of ketones is 1. The van der Waals surface area contributed by atoms with Crippen LogP contribution in [0.25, 0.3) is 11.0 Å². The second-order valence-corrected chi connectivity index (χ2v) is 3.24. The summed E-state index contributed by atoms with van der Waals surface area (Å²) in [6, 6.07) is 5.01. The molecule has 0 atom stereocenters. The summed E-state index contributed by atoms with van der Waals surface area (Å²) in [6.07, 6.45) is 0. The molecule has 0 spiro atoms. The van der Waals surface area contributed by atoms with Crippen molar-refractivity contribution in [1.82, 2.24) is 9.97 Å². The molecular formula is C9H8N2O2S. The molecule has 5 heteroatoms. The zero-order chi connectivity index (χ0) is 10.1. The number of rotatable bonds is 2. The van der Waals surface area contributed by atoms with Gasteiger partial charge in [-0.2, -0.15) is 12.6 Å². The molecule has 2 N–H and O–H groups in total. The molecule has 1 aromatic heterocycles. The smallest absolute Gasteiger partial charge is 0.306 e. The zero-order valence-electron chi connectivity index (χ0n) is 7.20. The highest BCUT2D eigenvalue weighted by atomic mass is 32.1. The molecule has 0 aliphatic heterocycles. The van der Waals surface area contributed by atoms with Gasteiger partial charge in [0, 0.05) is 5.56 Å². The first-order valence-corrected chi connectivity index (χ1v) is 4.70. The van der Waals surface area contributed by atoms with Gasteiger partial charge in [-0.3, -0.25) is 4.79 Å². The van der Waals surface area contributed by atoms with Gasteiger partial charge in [0.25, 0.3) is 0 Å². The van der Waals surface area contributed by atoms with E-state index in [-0.39, 0.29) is 17.2 Å². The Hall–Kier alpha value is -1.49. The van der Waals surface area contributed by atoms with Crippen molar-refractivity contribution in [1.29, 1.82) is 0 Å². The van der Waals surface area contributed by atoms with Crippen LogP contribution < -0.4 is 5.69 Å². The number of thiol groups is 1. The van der Waals surface area contributed by atoms with Crippen molar-refractivity contribution in [2.24, 2.45) is 0 Å². The summed E-state index contributed by atoms with van der Waals surface area (Å²) in [5.74, 6) is 0.109. The average Bonchev–Trinajstić information content (AvgIpc) is 2.55. The number of hydrogen-bond donors (Lipinski definition) is 3. The van der Waals surface area contributed by atoms with E-state index in [1.54, 1.807) is 18.2 Å². The van der Waals surface area contributed by atoms with E-state index in [1.807, 2.05) is 0 Å². The van der Waals surface area contributed by atoms with E-state index in [9.17, 15) is 9.59 Å². The van der Waals surface area contributed by atoms with E-state index >= 15 is 0 Å². The lowest BCUT2D eigenvalue weighted by Gasteiger charge is -1.96. The van der Waals surface area contributed by atoms with Gasteiger partial charge in [-0.25, -0.2) is 4.79 Å². The SMILES string of the molecule is O=C(CS)c1ccc2[nH]c(=O)[nH]c2c1. The molecule has 0 amide bonds. The Morgan fingerprint density at radius 1 is 1.29 bits per heavy atom. The van der Waals surface area contributed by atoms with Gasteiger partial charge in [0.1, 0.15) is 0 Å². The van der Waals surface area contributed by atoms with Crippen LogP contribution in [0, 0.1) is 0 Å². The number of imidazole rings is 1. The molecular weight excluding hydrogens is 200 g/mol. The molecule has 2 aromatic rings. The van der Waals surface area contributed by atoms with Gasteiger partial charge in [0.2, 0.25) is 0 Å². The van der Waals surface area contributed by atoms with E-state index in [0.29, 0.717) is 16.6 Å². The second kappa shape index (κ2) is 3.34. The summed E-state index contributed by atoms with van der Waals surface area (Å²) < 4.78 is 0. The molecule has 72 valence electrons. The minimum absolute atomic E-state index is 0.0581. The molecule has 0 saturated carbocycles. The van der Waals surface area contributed by atoms with Crippen LogP contribution in [0.1, 0.15) is 10.4 Å². The average molecular weight is 208 g/mol. The van der Waals surface area contributed by atoms with Crippen molar-refractivity contribution in [3.8, 4) is 0 Å². The fourth-order valence-electron chi connectivity index (χ4n) is 1.30. The van der Waals surface area contributed by atoms with E-state index in [2.05, 4.69) is 22.6 Å². The normalized spacial score (nSPS) is 10.6. The topological polar surface area (TPSA) is 65.7 Å². The first-order valence-electron chi connectivity index (χ1n) is 4.07. The molecule has 14 heavy (non-hydrogen) atoms. The number of carbonyl (C=O) groups excluding carboxylic acids is 1. The molecule has 0 aliphatic carbocycles. The predicted octanol–water partition coefficient (Wildman–Crippen LogP) is 0.969. The molecule has 0 unspecified atom stereocenters. The lowest BCUT2D eigenvalue weighted by molar-refractivity contribution is 0.102. The summed E-state index contributed by atoms with van der Waals surface area (Å²) in [4.78, 5) is 27.4. The Bertz CT molecular complexity index is 541. The third-order valence-electron chi connectivity index (χ3n) is 1.98. The van der Waals surface area contributed by atoms with Crippen molar-refractivity contribution in [2.45, 2.75) is 0 Å². The Labute approximate surface area is 84.7 Å². The molecule has 0 fully saturated rings. The van der Waals surface area contributed by atoms with Crippen LogP contribution in [-0.4, -0.2) is 21.5 Å². The summed E-state index contributed by atoms with van der Waals surface area (Å²) in [5.41, 5.74) is 1.63. The van der Waals surface area contributed by atoms with Gasteiger partial charge in [0.15, 0.2) is 5.78 Å². The van der Waals surface area contributed by atoms with Crippen LogP contribution in [0.3, 0.4) is 0 Å². The number of aromatic nitrogens is 2. The number of carbonyl (C=O) groups is 1. The minimum Gasteiger partial charge on any atom is -0.306 e. The maximum atomic E-state index is 11.3. The standard InChI is InChI=1S/C9H8N2O2S/c12-8(4-14)5-1-2-6-7(3-5)11-9(13)10-6/h1-3,14H,4H2,(H2,10,11,13). The predicted molar refractivity (Wildman–Crippen MR) is 57.1 cm³/mol. The van der Waals surface area contributed by atoms with Crippen LogP contribution >= 0.6 is 12.6 Å². The van der Waals surface area contributed by atoms with Crippen LogP contribution in [0.15, 0.2) is 23.0 Å². The molecule has 4 nitrogen and oxygen atoms in total. The number of H-pyrrole nitrogens is 2. The molecule has 0 aliphatic rings. The van der Waals surface area contributed by atoms with E-state index in [4.69, 9.17) is 0 Å². The van der Waals surface area contributed by atoms with E-state index in [1.165, 1.54) is 0 Å². The third-order valence-corrected chi connectivity index (χ3v) is 2.27. The molecule has 0 saturated heterocycles. The zero-order valence-corrected chi connectivity index (χ0v) is 8.10. The maximum Gasteiger partial charge on any atom is 0.323 e. The van der Waals surface area contributed by atoms with Crippen LogP contribution in [0.4, 0.5) is 0 Å². The highest BCUT2D eigenvalue weighted by Gasteiger charge is 2.05. The maximum absolute atomic E-state index is 11.3. The first-order chi connectivity index (χ1) is 6.70. The quantitative estimate of drug-likeness (QED) is 0.508. The fraction of sp³-hybridized carbons (Fsp3) is 0.111. The second-order valence-electron chi connectivity index (χ2n) is 2.92. The van der Waals surface area contributed by atoms with E-state index < -0.39 is 0 Å². The summed E-state index contributed by atoms with van der Waals surface area (Å²) in [5, 5.41) is 0. The number of benzene rings is 1. The highest BCUT2D eigenvalue weighted by molar-refractivity contribution is 7.81. The van der Waals surface area contributed by atoms with Crippen LogP contribution in [0.5, 0.6) is 0 Å². The molecule has 0 radical (unpaired) electrons. The van der Waals surface area contributed by atoms with Gasteiger partial charge < -0.3 is 9.97 Å². The summed E-state index contributed by atoms with van der Waals surface area (Å²) in [6.45, 7) is 0. The fourth-order valence-corrected chi connectivity index (χ4v) is 1.48. The van der Waals surface area contributed by atoms with Crippen molar-refractivity contribution >= 4 is 29.4 Å². The van der Waals surface area contributed by atoms with Crippen LogP contribution in [-0.2, 0) is 0 Å². The van der Waals surface area contributed by atoms with Crippen molar-refractivity contribution in [3.05, 3.63) is 34.2 Å². The molecule has 2 rings (SSSR count). The first kappa shape index (κ1) is 9.08. The van der Waals surface area contributed by atoms with E-state index in [0.717, 1.165) is 0 Å². The van der Waals surface area contributed by atoms with Gasteiger partial charge >= 0.3 is 5.69 Å². The number of fused-ring (bicyclic) bond motifs is 1. The Kier molecular flexibility index (Phi) is 2.17. The van der Waals surface area contributed by atoms with Gasteiger partial charge in [-0.1, -0.05) is 0 Å². The molecule has 1 heterocycles.